The monoisotopic (exact) mass is 140 g/mol. The van der Waals surface area contributed by atoms with Gasteiger partial charge >= 0.3 is 0 Å². The molecule has 0 radical (unpaired) electrons. The summed E-state index contributed by atoms with van der Waals surface area (Å²) in [4.78, 5) is 10.7. The Morgan fingerprint density at radius 3 is 2.80 bits per heavy atom. The lowest BCUT2D eigenvalue weighted by Crippen LogP contribution is -2.21. The third-order valence-corrected chi connectivity index (χ3v) is 0.779. The summed E-state index contributed by atoms with van der Waals surface area (Å²) >= 11 is 0. The Labute approximate surface area is 60.6 Å². The molecule has 56 valence electrons. The second kappa shape index (κ2) is 4.61. The van der Waals surface area contributed by atoms with Crippen LogP contribution in [0, 0.1) is 0 Å². The van der Waals surface area contributed by atoms with E-state index in [0.29, 0.717) is 12.2 Å². The molecule has 0 aliphatic rings. The molecule has 0 unspecified atom stereocenters. The Morgan fingerprint density at radius 1 is 1.80 bits per heavy atom. The van der Waals surface area contributed by atoms with Gasteiger partial charge in [0.25, 0.3) is 0 Å². The third kappa shape index (κ3) is 4.90. The predicted octanol–water partition coefficient (Wildman–Crippen LogP) is 0.151. The van der Waals surface area contributed by atoms with Crippen molar-refractivity contribution in [2.75, 3.05) is 6.54 Å². The summed E-state index contributed by atoms with van der Waals surface area (Å²) in [5.41, 5.74) is 5.74. The first kappa shape index (κ1) is 8.75. The van der Waals surface area contributed by atoms with Gasteiger partial charge in [-0.2, -0.15) is 0 Å². The first-order chi connectivity index (χ1) is 4.66. The summed E-state index contributed by atoms with van der Waals surface area (Å²) in [5, 5.41) is 2.55. The molecule has 0 aromatic rings. The van der Waals surface area contributed by atoms with E-state index in [1.165, 1.54) is 6.08 Å². The topological polar surface area (TPSA) is 55.1 Å². The molecule has 0 aliphatic carbocycles. The Balaban J connectivity index is 3.64. The van der Waals surface area contributed by atoms with Gasteiger partial charge in [-0.1, -0.05) is 6.08 Å². The molecule has 0 bridgehead atoms. The van der Waals surface area contributed by atoms with Gasteiger partial charge in [-0.3, -0.25) is 4.79 Å². The predicted molar refractivity (Wildman–Crippen MR) is 41.2 cm³/mol. The Hall–Kier alpha value is -1.25. The van der Waals surface area contributed by atoms with Crippen LogP contribution in [-0.4, -0.2) is 12.5 Å². The number of rotatable bonds is 3. The van der Waals surface area contributed by atoms with Crippen molar-refractivity contribution < 1.29 is 4.79 Å². The van der Waals surface area contributed by atoms with E-state index in [0.717, 1.165) is 0 Å². The van der Waals surface area contributed by atoms with Gasteiger partial charge in [-0.05, 0) is 6.92 Å². The third-order valence-electron chi connectivity index (χ3n) is 0.779. The standard InChI is InChI=1S/C7H12N2O/c1-3-4-9-7(10)5-6(2)8/h3,5H,1,4,8H2,2H3,(H,9,10). The summed E-state index contributed by atoms with van der Waals surface area (Å²) < 4.78 is 0. The number of allylic oxidation sites excluding steroid dienone is 1. The average molecular weight is 140 g/mol. The molecule has 0 aromatic heterocycles. The fourth-order valence-corrected chi connectivity index (χ4v) is 0.431. The maximum absolute atomic E-state index is 10.7. The number of hydrogen-bond acceptors (Lipinski definition) is 2. The number of amides is 1. The minimum atomic E-state index is -0.181. The maximum atomic E-state index is 10.7. The fourth-order valence-electron chi connectivity index (χ4n) is 0.431. The highest BCUT2D eigenvalue weighted by molar-refractivity contribution is 5.88. The van der Waals surface area contributed by atoms with Crippen LogP contribution < -0.4 is 11.1 Å². The van der Waals surface area contributed by atoms with E-state index in [-0.39, 0.29) is 5.91 Å². The Morgan fingerprint density at radius 2 is 2.40 bits per heavy atom. The lowest BCUT2D eigenvalue weighted by molar-refractivity contribution is -0.116. The Kier molecular flexibility index (Phi) is 4.04. The zero-order valence-electron chi connectivity index (χ0n) is 6.05. The SMILES string of the molecule is C=CCNC(=O)C=C(C)N. The van der Waals surface area contributed by atoms with Crippen molar-refractivity contribution in [1.82, 2.24) is 5.32 Å². The van der Waals surface area contributed by atoms with Crippen molar-refractivity contribution in [1.29, 1.82) is 0 Å². The van der Waals surface area contributed by atoms with Crippen LogP contribution >= 0.6 is 0 Å². The highest BCUT2D eigenvalue weighted by Gasteiger charge is 1.90. The van der Waals surface area contributed by atoms with Crippen LogP contribution in [0.5, 0.6) is 0 Å². The van der Waals surface area contributed by atoms with E-state index < -0.39 is 0 Å². The van der Waals surface area contributed by atoms with Crippen LogP contribution in [0.15, 0.2) is 24.4 Å². The highest BCUT2D eigenvalue weighted by Crippen LogP contribution is 1.78. The van der Waals surface area contributed by atoms with Crippen LogP contribution in [0.2, 0.25) is 0 Å². The van der Waals surface area contributed by atoms with Gasteiger partial charge in [-0.25, -0.2) is 0 Å². The van der Waals surface area contributed by atoms with Crippen molar-refractivity contribution in [3.05, 3.63) is 24.4 Å². The lowest BCUT2D eigenvalue weighted by Gasteiger charge is -1.95. The number of hydrogen-bond donors (Lipinski definition) is 2. The zero-order chi connectivity index (χ0) is 7.98. The van der Waals surface area contributed by atoms with Crippen molar-refractivity contribution in [3.8, 4) is 0 Å². The van der Waals surface area contributed by atoms with Crippen molar-refractivity contribution in [3.63, 3.8) is 0 Å². The summed E-state index contributed by atoms with van der Waals surface area (Å²) in [7, 11) is 0. The van der Waals surface area contributed by atoms with Crippen LogP contribution in [0.25, 0.3) is 0 Å². The highest BCUT2D eigenvalue weighted by atomic mass is 16.1. The van der Waals surface area contributed by atoms with Crippen molar-refractivity contribution in [2.45, 2.75) is 6.92 Å². The zero-order valence-corrected chi connectivity index (χ0v) is 6.05. The summed E-state index contributed by atoms with van der Waals surface area (Å²) in [6.45, 7) is 5.58. The molecular formula is C7H12N2O. The van der Waals surface area contributed by atoms with E-state index in [2.05, 4.69) is 11.9 Å². The molecule has 0 saturated heterocycles. The molecule has 1 amide bonds. The van der Waals surface area contributed by atoms with Crippen LogP contribution in [0.3, 0.4) is 0 Å². The van der Waals surface area contributed by atoms with Crippen LogP contribution in [0.1, 0.15) is 6.92 Å². The normalized spacial score (nSPS) is 10.7. The van der Waals surface area contributed by atoms with Gasteiger partial charge in [0.2, 0.25) is 5.91 Å². The minimum absolute atomic E-state index is 0.181. The number of nitrogens with two attached hydrogens (primary N) is 1. The fraction of sp³-hybridized carbons (Fsp3) is 0.286. The van der Waals surface area contributed by atoms with Crippen LogP contribution in [0.4, 0.5) is 0 Å². The molecule has 0 aliphatic heterocycles. The molecule has 0 spiro atoms. The lowest BCUT2D eigenvalue weighted by atomic mass is 10.4. The Bertz CT molecular complexity index is 157. The molecule has 0 heterocycles. The first-order valence-electron chi connectivity index (χ1n) is 2.99. The van der Waals surface area contributed by atoms with Gasteiger partial charge in [0.05, 0.1) is 0 Å². The second-order valence-electron chi connectivity index (χ2n) is 1.92. The van der Waals surface area contributed by atoms with E-state index in [9.17, 15) is 4.79 Å². The molecule has 0 saturated carbocycles. The van der Waals surface area contributed by atoms with Gasteiger partial charge < -0.3 is 11.1 Å². The van der Waals surface area contributed by atoms with E-state index >= 15 is 0 Å². The summed E-state index contributed by atoms with van der Waals surface area (Å²) in [6.07, 6.45) is 2.95. The minimum Gasteiger partial charge on any atom is -0.402 e. The number of nitrogens with one attached hydrogen (secondary N) is 1. The van der Waals surface area contributed by atoms with Gasteiger partial charge in [0.15, 0.2) is 0 Å². The van der Waals surface area contributed by atoms with Gasteiger partial charge in [0.1, 0.15) is 0 Å². The molecule has 0 fully saturated rings. The second-order valence-corrected chi connectivity index (χ2v) is 1.92. The number of carbonyl (C=O) groups is 1. The van der Waals surface area contributed by atoms with Crippen molar-refractivity contribution in [2.24, 2.45) is 5.73 Å². The maximum Gasteiger partial charge on any atom is 0.245 e. The molecule has 3 heteroatoms. The average Bonchev–Trinajstić information content (AvgIpc) is 1.82. The molecule has 10 heavy (non-hydrogen) atoms. The van der Waals surface area contributed by atoms with E-state index in [1.54, 1.807) is 13.0 Å². The smallest absolute Gasteiger partial charge is 0.245 e. The largest absolute Gasteiger partial charge is 0.402 e. The first-order valence-corrected chi connectivity index (χ1v) is 2.99. The quantitative estimate of drug-likeness (QED) is 0.433. The molecular weight excluding hydrogens is 128 g/mol. The number of carbonyl (C=O) groups excluding carboxylic acids is 1. The molecule has 0 rings (SSSR count). The summed E-state index contributed by atoms with van der Waals surface area (Å²) in [6, 6.07) is 0. The van der Waals surface area contributed by atoms with Crippen molar-refractivity contribution >= 4 is 5.91 Å². The van der Waals surface area contributed by atoms with E-state index in [4.69, 9.17) is 5.73 Å². The van der Waals surface area contributed by atoms with Gasteiger partial charge in [0, 0.05) is 18.3 Å². The van der Waals surface area contributed by atoms with Crippen LogP contribution in [-0.2, 0) is 4.79 Å². The van der Waals surface area contributed by atoms with E-state index in [1.807, 2.05) is 0 Å². The summed E-state index contributed by atoms with van der Waals surface area (Å²) in [5.74, 6) is -0.181. The molecule has 0 aromatic carbocycles. The molecule has 0 atom stereocenters. The molecule has 3 nitrogen and oxygen atoms in total. The van der Waals surface area contributed by atoms with Gasteiger partial charge in [-0.15, -0.1) is 6.58 Å². The molecule has 3 N–H and O–H groups in total.